The molecule has 0 unspecified atom stereocenters. The minimum atomic E-state index is 0.525. The standard InChI is InChI=1S/C23H23N3S/c1-14(2)17-9-11-19(12-10-17)26-22-21-20(18-7-5-15(3)6-8-18)16(4)27-23(21)25-13-24-22/h5-14H,1-4H3,(H,24,25,26). The fourth-order valence-electron chi connectivity index (χ4n) is 3.29. The van der Waals surface area contributed by atoms with Crippen LogP contribution in [0.4, 0.5) is 11.5 Å². The van der Waals surface area contributed by atoms with Crippen LogP contribution in [0.5, 0.6) is 0 Å². The van der Waals surface area contributed by atoms with Gasteiger partial charge in [0.05, 0.1) is 5.39 Å². The molecule has 0 spiro atoms. The van der Waals surface area contributed by atoms with Crippen LogP contribution in [0.2, 0.25) is 0 Å². The Morgan fingerprint density at radius 1 is 0.889 bits per heavy atom. The van der Waals surface area contributed by atoms with Gasteiger partial charge in [-0.05, 0) is 43.0 Å². The summed E-state index contributed by atoms with van der Waals surface area (Å²) in [5, 5.41) is 4.60. The average molecular weight is 374 g/mol. The molecule has 4 rings (SSSR count). The second kappa shape index (κ2) is 7.12. The van der Waals surface area contributed by atoms with Crippen LogP contribution < -0.4 is 5.32 Å². The number of anilines is 2. The predicted molar refractivity (Wildman–Crippen MR) is 116 cm³/mol. The molecule has 2 heterocycles. The van der Waals surface area contributed by atoms with Crippen molar-refractivity contribution in [3.63, 3.8) is 0 Å². The molecule has 0 saturated carbocycles. The minimum absolute atomic E-state index is 0.525. The molecule has 1 N–H and O–H groups in total. The number of thiophene rings is 1. The molecule has 0 aliphatic heterocycles. The first kappa shape index (κ1) is 17.7. The minimum Gasteiger partial charge on any atom is -0.340 e. The summed E-state index contributed by atoms with van der Waals surface area (Å²) in [6, 6.07) is 17.2. The van der Waals surface area contributed by atoms with Crippen LogP contribution in [0.25, 0.3) is 21.3 Å². The number of hydrogen-bond acceptors (Lipinski definition) is 4. The molecule has 0 fully saturated rings. The second-order valence-corrected chi connectivity index (χ2v) is 8.41. The number of nitrogens with zero attached hydrogens (tertiary/aromatic N) is 2. The summed E-state index contributed by atoms with van der Waals surface area (Å²) in [6.45, 7) is 8.68. The SMILES string of the molecule is Cc1ccc(-c2c(C)sc3ncnc(Nc4ccc(C(C)C)cc4)c23)cc1. The lowest BCUT2D eigenvalue weighted by Gasteiger charge is -2.11. The molecule has 0 aliphatic rings. The van der Waals surface area contributed by atoms with E-state index < -0.39 is 0 Å². The van der Waals surface area contributed by atoms with Crippen LogP contribution in [0.15, 0.2) is 54.9 Å². The number of aromatic nitrogens is 2. The van der Waals surface area contributed by atoms with E-state index in [-0.39, 0.29) is 0 Å². The zero-order valence-electron chi connectivity index (χ0n) is 16.1. The number of fused-ring (bicyclic) bond motifs is 1. The summed E-state index contributed by atoms with van der Waals surface area (Å²) >= 11 is 1.72. The van der Waals surface area contributed by atoms with Crippen LogP contribution in [0, 0.1) is 13.8 Å². The van der Waals surface area contributed by atoms with Crippen molar-refractivity contribution in [1.82, 2.24) is 9.97 Å². The Bertz CT molecular complexity index is 1080. The van der Waals surface area contributed by atoms with Gasteiger partial charge in [-0.1, -0.05) is 55.8 Å². The molecule has 136 valence electrons. The molecule has 0 atom stereocenters. The van der Waals surface area contributed by atoms with Crippen LogP contribution in [0.3, 0.4) is 0 Å². The van der Waals surface area contributed by atoms with Gasteiger partial charge in [0.2, 0.25) is 0 Å². The van der Waals surface area contributed by atoms with Gasteiger partial charge in [-0.2, -0.15) is 0 Å². The molecule has 0 bridgehead atoms. The Hall–Kier alpha value is -2.72. The number of rotatable bonds is 4. The third kappa shape index (κ3) is 3.45. The van der Waals surface area contributed by atoms with E-state index in [1.54, 1.807) is 17.7 Å². The zero-order chi connectivity index (χ0) is 19.0. The third-order valence-corrected chi connectivity index (χ3v) is 5.86. The van der Waals surface area contributed by atoms with E-state index in [1.807, 2.05) is 0 Å². The van der Waals surface area contributed by atoms with Gasteiger partial charge in [-0.3, -0.25) is 0 Å². The van der Waals surface area contributed by atoms with Crippen molar-refractivity contribution < 1.29 is 0 Å². The van der Waals surface area contributed by atoms with Gasteiger partial charge in [0.25, 0.3) is 0 Å². The quantitative estimate of drug-likeness (QED) is 0.425. The number of nitrogens with one attached hydrogen (secondary N) is 1. The number of hydrogen-bond donors (Lipinski definition) is 1. The third-order valence-electron chi connectivity index (χ3n) is 4.84. The maximum Gasteiger partial charge on any atom is 0.143 e. The van der Waals surface area contributed by atoms with Crippen molar-refractivity contribution in [2.45, 2.75) is 33.6 Å². The molecule has 27 heavy (non-hydrogen) atoms. The van der Waals surface area contributed by atoms with Gasteiger partial charge >= 0.3 is 0 Å². The molecule has 2 aromatic carbocycles. The Morgan fingerprint density at radius 3 is 2.26 bits per heavy atom. The zero-order valence-corrected chi connectivity index (χ0v) is 16.9. The van der Waals surface area contributed by atoms with Crippen molar-refractivity contribution in [1.29, 1.82) is 0 Å². The second-order valence-electron chi connectivity index (χ2n) is 7.20. The van der Waals surface area contributed by atoms with E-state index >= 15 is 0 Å². The summed E-state index contributed by atoms with van der Waals surface area (Å²) in [5.41, 5.74) is 6.06. The van der Waals surface area contributed by atoms with Gasteiger partial charge in [-0.15, -0.1) is 11.3 Å². The van der Waals surface area contributed by atoms with Gasteiger partial charge in [0.1, 0.15) is 17.0 Å². The topological polar surface area (TPSA) is 37.8 Å². The Morgan fingerprint density at radius 2 is 1.59 bits per heavy atom. The molecule has 0 amide bonds. The lowest BCUT2D eigenvalue weighted by Crippen LogP contribution is -1.96. The molecule has 3 nitrogen and oxygen atoms in total. The molecule has 2 aromatic heterocycles. The van der Waals surface area contributed by atoms with Crippen molar-refractivity contribution in [3.05, 3.63) is 70.9 Å². The van der Waals surface area contributed by atoms with Gasteiger partial charge in [0.15, 0.2) is 0 Å². The normalized spacial score (nSPS) is 11.3. The fourth-order valence-corrected chi connectivity index (χ4v) is 4.31. The smallest absolute Gasteiger partial charge is 0.143 e. The highest BCUT2D eigenvalue weighted by molar-refractivity contribution is 7.19. The van der Waals surface area contributed by atoms with E-state index in [0.29, 0.717) is 5.92 Å². The van der Waals surface area contributed by atoms with Crippen molar-refractivity contribution in [3.8, 4) is 11.1 Å². The van der Waals surface area contributed by atoms with Gasteiger partial charge in [0, 0.05) is 16.1 Å². The van der Waals surface area contributed by atoms with E-state index in [2.05, 4.69) is 91.5 Å². The molecule has 0 aliphatic carbocycles. The van der Waals surface area contributed by atoms with E-state index in [0.717, 1.165) is 21.7 Å². The Kier molecular flexibility index (Phi) is 4.66. The summed E-state index contributed by atoms with van der Waals surface area (Å²) in [6.07, 6.45) is 1.64. The first-order chi connectivity index (χ1) is 13.0. The maximum atomic E-state index is 4.56. The molecule has 0 radical (unpaired) electrons. The first-order valence-electron chi connectivity index (χ1n) is 9.21. The molecular weight excluding hydrogens is 350 g/mol. The highest BCUT2D eigenvalue weighted by Gasteiger charge is 2.17. The molecule has 4 heteroatoms. The molecular formula is C23H23N3S. The predicted octanol–water partition coefficient (Wildman–Crippen LogP) is 6.84. The number of aryl methyl sites for hydroxylation is 2. The van der Waals surface area contributed by atoms with E-state index in [1.165, 1.54) is 27.1 Å². The fraction of sp³-hybridized carbons (Fsp3) is 0.217. The van der Waals surface area contributed by atoms with Crippen molar-refractivity contribution >= 4 is 33.1 Å². The summed E-state index contributed by atoms with van der Waals surface area (Å²) in [5.74, 6) is 1.38. The van der Waals surface area contributed by atoms with Crippen molar-refractivity contribution in [2.75, 3.05) is 5.32 Å². The highest BCUT2D eigenvalue weighted by Crippen LogP contribution is 2.41. The summed E-state index contributed by atoms with van der Waals surface area (Å²) in [4.78, 5) is 11.3. The first-order valence-corrected chi connectivity index (χ1v) is 10.0. The maximum absolute atomic E-state index is 4.56. The Balaban J connectivity index is 1.80. The van der Waals surface area contributed by atoms with Gasteiger partial charge in [-0.25, -0.2) is 9.97 Å². The average Bonchev–Trinajstić information content (AvgIpc) is 3.00. The molecule has 0 saturated heterocycles. The van der Waals surface area contributed by atoms with E-state index in [4.69, 9.17) is 0 Å². The van der Waals surface area contributed by atoms with Crippen molar-refractivity contribution in [2.24, 2.45) is 0 Å². The lowest BCUT2D eigenvalue weighted by atomic mass is 10.0. The van der Waals surface area contributed by atoms with Gasteiger partial charge < -0.3 is 5.32 Å². The molecule has 4 aromatic rings. The largest absolute Gasteiger partial charge is 0.340 e. The summed E-state index contributed by atoms with van der Waals surface area (Å²) in [7, 11) is 0. The van der Waals surface area contributed by atoms with Crippen LogP contribution in [0.1, 0.15) is 35.8 Å². The number of benzene rings is 2. The summed E-state index contributed by atoms with van der Waals surface area (Å²) < 4.78 is 0. The lowest BCUT2D eigenvalue weighted by molar-refractivity contribution is 0.867. The van der Waals surface area contributed by atoms with E-state index in [9.17, 15) is 0 Å². The Labute approximate surface area is 164 Å². The van der Waals surface area contributed by atoms with Crippen LogP contribution >= 0.6 is 11.3 Å². The van der Waals surface area contributed by atoms with Crippen LogP contribution in [-0.2, 0) is 0 Å². The van der Waals surface area contributed by atoms with Crippen LogP contribution in [-0.4, -0.2) is 9.97 Å². The monoisotopic (exact) mass is 373 g/mol. The highest BCUT2D eigenvalue weighted by atomic mass is 32.1.